The lowest BCUT2D eigenvalue weighted by Gasteiger charge is -2.35. The van der Waals surface area contributed by atoms with Crippen molar-refractivity contribution in [3.63, 3.8) is 0 Å². The molecule has 0 spiro atoms. The molecule has 2 N–H and O–H groups in total. The number of carbonyl (C=O) groups is 2. The molecular formula is C14H21N3O4. The Hall–Kier alpha value is -1.70. The van der Waals surface area contributed by atoms with Crippen molar-refractivity contribution in [3.8, 4) is 0 Å². The molecule has 0 bridgehead atoms. The molecule has 0 aliphatic carbocycles. The highest BCUT2D eigenvalue weighted by Gasteiger charge is 2.26. The number of nitrogens with zero attached hydrogens (tertiary/aromatic N) is 2. The van der Waals surface area contributed by atoms with Crippen molar-refractivity contribution in [3.05, 3.63) is 24.0 Å². The molecule has 0 radical (unpaired) electrons. The third-order valence-corrected chi connectivity index (χ3v) is 3.40. The molecule has 7 heteroatoms. The van der Waals surface area contributed by atoms with E-state index < -0.39 is 5.91 Å². The molecule has 7 nitrogen and oxygen atoms in total. The van der Waals surface area contributed by atoms with Crippen molar-refractivity contribution in [1.29, 1.82) is 0 Å². The summed E-state index contributed by atoms with van der Waals surface area (Å²) in [5.74, 6) is -0.764. The van der Waals surface area contributed by atoms with Crippen molar-refractivity contribution in [1.82, 2.24) is 14.8 Å². The van der Waals surface area contributed by atoms with E-state index in [0.29, 0.717) is 18.8 Å². The Morgan fingerprint density at radius 1 is 1.48 bits per heavy atom. The molecule has 1 saturated heterocycles. The van der Waals surface area contributed by atoms with E-state index in [4.69, 9.17) is 9.84 Å². The number of amides is 2. The van der Waals surface area contributed by atoms with E-state index in [1.54, 1.807) is 29.9 Å². The van der Waals surface area contributed by atoms with Gasteiger partial charge in [0.05, 0.1) is 25.4 Å². The lowest BCUT2D eigenvalue weighted by Crippen LogP contribution is -2.51. The highest BCUT2D eigenvalue weighted by Crippen LogP contribution is 2.10. The van der Waals surface area contributed by atoms with Crippen molar-refractivity contribution in [2.75, 3.05) is 26.2 Å². The van der Waals surface area contributed by atoms with E-state index in [1.807, 2.05) is 11.8 Å². The van der Waals surface area contributed by atoms with Gasteiger partial charge in [-0.1, -0.05) is 0 Å². The summed E-state index contributed by atoms with van der Waals surface area (Å²) in [6.45, 7) is 3.00. The highest BCUT2D eigenvalue weighted by molar-refractivity contribution is 6.04. The Labute approximate surface area is 123 Å². The van der Waals surface area contributed by atoms with Crippen molar-refractivity contribution >= 4 is 11.8 Å². The second-order valence-electron chi connectivity index (χ2n) is 5.33. The fraction of sp³-hybridized carbons (Fsp3) is 0.571. The number of hydrogen-bond donors (Lipinski definition) is 2. The fourth-order valence-electron chi connectivity index (χ4n) is 2.50. The van der Waals surface area contributed by atoms with Gasteiger partial charge in [0.1, 0.15) is 5.69 Å². The van der Waals surface area contributed by atoms with Crippen LogP contribution in [0.1, 0.15) is 17.4 Å². The van der Waals surface area contributed by atoms with Gasteiger partial charge in [-0.15, -0.1) is 0 Å². The Bertz CT molecular complexity index is 514. The standard InChI is InChI=1S/C14H21N3O4/c1-10-6-17(7-11(9-18)21-10)8-13(19)15-14(20)12-4-3-5-16(12)2/h3-5,10-11,18H,6-9H2,1-2H3,(H,15,19,20). The van der Waals surface area contributed by atoms with Gasteiger partial charge >= 0.3 is 0 Å². The van der Waals surface area contributed by atoms with Gasteiger partial charge in [0.25, 0.3) is 5.91 Å². The number of aliphatic hydroxyl groups is 1. The minimum absolute atomic E-state index is 0.0488. The summed E-state index contributed by atoms with van der Waals surface area (Å²) in [5, 5.41) is 11.5. The van der Waals surface area contributed by atoms with Crippen molar-refractivity contribution < 1.29 is 19.4 Å². The minimum atomic E-state index is -0.410. The summed E-state index contributed by atoms with van der Waals surface area (Å²) in [6, 6.07) is 3.40. The largest absolute Gasteiger partial charge is 0.394 e. The summed E-state index contributed by atoms with van der Waals surface area (Å²) < 4.78 is 7.16. The molecular weight excluding hydrogens is 274 g/mol. The average molecular weight is 295 g/mol. The predicted octanol–water partition coefficient (Wildman–Crippen LogP) is -0.637. The van der Waals surface area contributed by atoms with Gasteiger partial charge in [0.2, 0.25) is 5.91 Å². The molecule has 116 valence electrons. The Balaban J connectivity index is 1.87. The summed E-state index contributed by atoms with van der Waals surface area (Å²) in [7, 11) is 1.74. The molecule has 2 rings (SSSR count). The smallest absolute Gasteiger partial charge is 0.274 e. The topological polar surface area (TPSA) is 83.8 Å². The van der Waals surface area contributed by atoms with E-state index >= 15 is 0 Å². The monoisotopic (exact) mass is 295 g/mol. The minimum Gasteiger partial charge on any atom is -0.394 e. The molecule has 21 heavy (non-hydrogen) atoms. The van der Waals surface area contributed by atoms with Crippen LogP contribution >= 0.6 is 0 Å². The zero-order valence-electron chi connectivity index (χ0n) is 12.3. The number of rotatable bonds is 4. The van der Waals surface area contributed by atoms with Gasteiger partial charge in [-0.2, -0.15) is 0 Å². The number of carbonyl (C=O) groups excluding carboxylic acids is 2. The lowest BCUT2D eigenvalue weighted by molar-refractivity contribution is -0.127. The highest BCUT2D eigenvalue weighted by atomic mass is 16.5. The Kier molecular flexibility index (Phi) is 5.11. The number of morpholine rings is 1. The van der Waals surface area contributed by atoms with Gasteiger partial charge in [-0.3, -0.25) is 19.8 Å². The van der Waals surface area contributed by atoms with Crippen LogP contribution in [-0.4, -0.2) is 64.8 Å². The van der Waals surface area contributed by atoms with Crippen LogP contribution in [0.5, 0.6) is 0 Å². The molecule has 1 aromatic heterocycles. The number of hydrogen-bond acceptors (Lipinski definition) is 5. The molecule has 1 fully saturated rings. The summed E-state index contributed by atoms with van der Waals surface area (Å²) in [5.41, 5.74) is 0.437. The van der Waals surface area contributed by atoms with Gasteiger partial charge in [0.15, 0.2) is 0 Å². The summed E-state index contributed by atoms with van der Waals surface area (Å²) in [4.78, 5) is 25.7. The maximum Gasteiger partial charge on any atom is 0.274 e. The van der Waals surface area contributed by atoms with Gasteiger partial charge in [0, 0.05) is 26.3 Å². The first-order valence-corrected chi connectivity index (χ1v) is 6.93. The molecule has 1 aliphatic heterocycles. The number of ether oxygens (including phenoxy) is 1. The molecule has 2 heterocycles. The van der Waals surface area contributed by atoms with Crippen LogP contribution in [0.2, 0.25) is 0 Å². The van der Waals surface area contributed by atoms with Crippen LogP contribution < -0.4 is 5.32 Å². The van der Waals surface area contributed by atoms with Crippen molar-refractivity contribution in [2.24, 2.45) is 7.05 Å². The second kappa shape index (κ2) is 6.84. The van der Waals surface area contributed by atoms with Gasteiger partial charge < -0.3 is 14.4 Å². The number of imide groups is 1. The zero-order chi connectivity index (χ0) is 15.4. The molecule has 2 unspecified atom stereocenters. The normalized spacial score (nSPS) is 23.0. The third kappa shape index (κ3) is 4.13. The van der Waals surface area contributed by atoms with Crippen LogP contribution in [0.15, 0.2) is 18.3 Å². The van der Waals surface area contributed by atoms with Crippen LogP contribution in [-0.2, 0) is 16.6 Å². The van der Waals surface area contributed by atoms with Gasteiger partial charge in [-0.05, 0) is 19.1 Å². The first-order chi connectivity index (χ1) is 9.99. The number of aromatic nitrogens is 1. The zero-order valence-corrected chi connectivity index (χ0v) is 12.3. The first kappa shape index (κ1) is 15.7. The van der Waals surface area contributed by atoms with E-state index in [9.17, 15) is 9.59 Å². The molecule has 1 aliphatic rings. The lowest BCUT2D eigenvalue weighted by atomic mass is 10.2. The van der Waals surface area contributed by atoms with E-state index in [-0.39, 0.29) is 31.3 Å². The van der Waals surface area contributed by atoms with Crippen LogP contribution in [0.3, 0.4) is 0 Å². The number of aryl methyl sites for hydroxylation is 1. The quantitative estimate of drug-likeness (QED) is 0.772. The molecule has 2 atom stereocenters. The van der Waals surface area contributed by atoms with Crippen LogP contribution in [0.4, 0.5) is 0 Å². The molecule has 1 aromatic rings. The molecule has 2 amide bonds. The summed E-state index contributed by atoms with van der Waals surface area (Å²) in [6.07, 6.45) is 1.41. The van der Waals surface area contributed by atoms with E-state index in [2.05, 4.69) is 5.32 Å². The number of nitrogens with one attached hydrogen (secondary N) is 1. The van der Waals surface area contributed by atoms with E-state index in [0.717, 1.165) is 0 Å². The SMILES string of the molecule is CC1CN(CC(=O)NC(=O)c2cccn2C)CC(CO)O1. The van der Waals surface area contributed by atoms with E-state index in [1.165, 1.54) is 0 Å². The van der Waals surface area contributed by atoms with Crippen LogP contribution in [0, 0.1) is 0 Å². The van der Waals surface area contributed by atoms with Crippen LogP contribution in [0.25, 0.3) is 0 Å². The maximum atomic E-state index is 11.9. The number of aliphatic hydroxyl groups excluding tert-OH is 1. The van der Waals surface area contributed by atoms with Crippen molar-refractivity contribution in [2.45, 2.75) is 19.1 Å². The average Bonchev–Trinajstić information content (AvgIpc) is 2.84. The Morgan fingerprint density at radius 3 is 2.86 bits per heavy atom. The molecule has 0 aromatic carbocycles. The Morgan fingerprint density at radius 2 is 2.24 bits per heavy atom. The predicted molar refractivity (Wildman–Crippen MR) is 75.7 cm³/mol. The molecule has 0 saturated carbocycles. The second-order valence-corrected chi connectivity index (χ2v) is 5.33. The van der Waals surface area contributed by atoms with Gasteiger partial charge in [-0.25, -0.2) is 0 Å². The third-order valence-electron chi connectivity index (χ3n) is 3.40. The maximum absolute atomic E-state index is 11.9. The first-order valence-electron chi connectivity index (χ1n) is 6.93. The fourth-order valence-corrected chi connectivity index (χ4v) is 2.50. The summed E-state index contributed by atoms with van der Waals surface area (Å²) >= 11 is 0.